The molecule has 164 valence electrons. The van der Waals surface area contributed by atoms with E-state index in [1.807, 2.05) is 17.5 Å². The van der Waals surface area contributed by atoms with Crippen LogP contribution in [0.1, 0.15) is 28.2 Å². The van der Waals surface area contributed by atoms with Gasteiger partial charge in [-0.25, -0.2) is 9.37 Å². The Morgan fingerprint density at radius 2 is 1.62 bits per heavy atom. The highest BCUT2D eigenvalue weighted by Gasteiger charge is 2.23. The number of benzene rings is 2. The van der Waals surface area contributed by atoms with Crippen LogP contribution in [0, 0.1) is 19.7 Å². The van der Waals surface area contributed by atoms with E-state index in [-0.39, 0.29) is 5.82 Å². The highest BCUT2D eigenvalue weighted by molar-refractivity contribution is 5.54. The highest BCUT2D eigenvalue weighted by Crippen LogP contribution is 2.25. The first kappa shape index (κ1) is 20.6. The molecule has 0 atom stereocenters. The molecule has 1 fully saturated rings. The van der Waals surface area contributed by atoms with Crippen LogP contribution in [0.3, 0.4) is 0 Å². The van der Waals surface area contributed by atoms with Crippen molar-refractivity contribution >= 4 is 11.6 Å². The summed E-state index contributed by atoms with van der Waals surface area (Å²) in [5, 5.41) is 4.77. The summed E-state index contributed by atoms with van der Waals surface area (Å²) in [7, 11) is 0. The molecule has 2 aromatic heterocycles. The zero-order valence-corrected chi connectivity index (χ0v) is 18.5. The number of hydrogen-bond donors (Lipinski definition) is 0. The van der Waals surface area contributed by atoms with Crippen LogP contribution in [0.15, 0.2) is 54.6 Å². The van der Waals surface area contributed by atoms with E-state index in [2.05, 4.69) is 57.0 Å². The van der Waals surface area contributed by atoms with E-state index in [1.54, 1.807) is 6.07 Å². The minimum absolute atomic E-state index is 0.245. The van der Waals surface area contributed by atoms with Gasteiger partial charge in [0.05, 0.1) is 0 Å². The molecular formula is C25H27FN6. The molecule has 0 bridgehead atoms. The summed E-state index contributed by atoms with van der Waals surface area (Å²) in [6, 6.07) is 17.2. The monoisotopic (exact) mass is 430 g/mol. The average Bonchev–Trinajstić information content (AvgIpc) is 3.17. The van der Waals surface area contributed by atoms with Crippen molar-refractivity contribution in [2.45, 2.75) is 26.8 Å². The molecule has 0 radical (unpaired) electrons. The zero-order valence-electron chi connectivity index (χ0n) is 18.5. The van der Waals surface area contributed by atoms with Gasteiger partial charge < -0.3 is 4.90 Å². The zero-order chi connectivity index (χ0) is 22.1. The van der Waals surface area contributed by atoms with Crippen LogP contribution in [-0.4, -0.2) is 50.7 Å². The van der Waals surface area contributed by atoms with Gasteiger partial charge in [-0.15, -0.1) is 5.10 Å². The van der Waals surface area contributed by atoms with E-state index < -0.39 is 0 Å². The average molecular weight is 431 g/mol. The van der Waals surface area contributed by atoms with Gasteiger partial charge in [0.25, 0.3) is 5.78 Å². The van der Waals surface area contributed by atoms with Crippen molar-refractivity contribution in [3.05, 3.63) is 88.6 Å². The van der Waals surface area contributed by atoms with Gasteiger partial charge in [0, 0.05) is 50.4 Å². The van der Waals surface area contributed by atoms with Crippen LogP contribution in [0.2, 0.25) is 0 Å². The first-order chi connectivity index (χ1) is 15.6. The third kappa shape index (κ3) is 4.21. The molecule has 2 aromatic carbocycles. The molecule has 3 heterocycles. The van der Waals surface area contributed by atoms with Gasteiger partial charge in [-0.3, -0.25) is 4.90 Å². The summed E-state index contributed by atoms with van der Waals surface area (Å²) < 4.78 is 15.5. The van der Waals surface area contributed by atoms with Gasteiger partial charge in [0.15, 0.2) is 5.82 Å². The third-order valence-corrected chi connectivity index (χ3v) is 6.15. The molecule has 1 saturated heterocycles. The van der Waals surface area contributed by atoms with Gasteiger partial charge in [0.2, 0.25) is 0 Å². The number of halogens is 1. The molecule has 0 saturated carbocycles. The second kappa shape index (κ2) is 8.67. The van der Waals surface area contributed by atoms with Gasteiger partial charge in [0.1, 0.15) is 11.6 Å². The predicted octanol–water partition coefficient (Wildman–Crippen LogP) is 3.79. The Hall–Kier alpha value is -3.32. The standard InChI is InChI=1S/C25H27FN6/c1-18-19(2)27-25-28-23(16-21-9-6-10-22(26)15-21)29-32(25)24(18)31-13-11-30(12-14-31)17-20-7-4-3-5-8-20/h3-10,15H,11-14,16-17H2,1-2H3. The minimum atomic E-state index is -0.245. The lowest BCUT2D eigenvalue weighted by molar-refractivity contribution is 0.249. The fourth-order valence-corrected chi connectivity index (χ4v) is 4.35. The molecule has 1 aliphatic rings. The van der Waals surface area contributed by atoms with Crippen molar-refractivity contribution in [3.8, 4) is 0 Å². The minimum Gasteiger partial charge on any atom is -0.354 e. The number of nitrogens with zero attached hydrogens (tertiary/aromatic N) is 6. The molecule has 4 aromatic rings. The number of anilines is 1. The summed E-state index contributed by atoms with van der Waals surface area (Å²) in [5.41, 5.74) is 4.28. The summed E-state index contributed by atoms with van der Waals surface area (Å²) in [6.07, 6.45) is 0.476. The summed E-state index contributed by atoms with van der Waals surface area (Å²) in [4.78, 5) is 14.2. The van der Waals surface area contributed by atoms with Crippen LogP contribution < -0.4 is 4.90 Å². The van der Waals surface area contributed by atoms with E-state index in [9.17, 15) is 4.39 Å². The maximum absolute atomic E-state index is 13.6. The van der Waals surface area contributed by atoms with Crippen LogP contribution in [0.4, 0.5) is 10.2 Å². The summed E-state index contributed by atoms with van der Waals surface area (Å²) in [5.74, 6) is 2.06. The summed E-state index contributed by atoms with van der Waals surface area (Å²) in [6.45, 7) is 8.91. The van der Waals surface area contributed by atoms with Crippen molar-refractivity contribution in [1.29, 1.82) is 0 Å². The quantitative estimate of drug-likeness (QED) is 0.482. The topological polar surface area (TPSA) is 49.6 Å². The first-order valence-corrected chi connectivity index (χ1v) is 11.1. The van der Waals surface area contributed by atoms with Crippen LogP contribution >= 0.6 is 0 Å². The molecule has 0 amide bonds. The molecule has 0 N–H and O–H groups in total. The van der Waals surface area contributed by atoms with Gasteiger partial charge in [-0.1, -0.05) is 42.5 Å². The molecule has 0 spiro atoms. The maximum atomic E-state index is 13.6. The molecule has 0 aliphatic carbocycles. The number of fused-ring (bicyclic) bond motifs is 1. The number of rotatable bonds is 5. The van der Waals surface area contributed by atoms with E-state index in [1.165, 1.54) is 17.7 Å². The van der Waals surface area contributed by atoms with E-state index >= 15 is 0 Å². The molecule has 1 aliphatic heterocycles. The smallest absolute Gasteiger partial charge is 0.254 e. The highest BCUT2D eigenvalue weighted by atomic mass is 19.1. The van der Waals surface area contributed by atoms with Crippen molar-refractivity contribution in [2.24, 2.45) is 0 Å². The van der Waals surface area contributed by atoms with Crippen LogP contribution in [-0.2, 0) is 13.0 Å². The Morgan fingerprint density at radius 1 is 0.875 bits per heavy atom. The molecule has 7 heteroatoms. The number of hydrogen-bond acceptors (Lipinski definition) is 5. The fraction of sp³-hybridized carbons (Fsp3) is 0.320. The Kier molecular flexibility index (Phi) is 5.57. The second-order valence-electron chi connectivity index (χ2n) is 8.44. The largest absolute Gasteiger partial charge is 0.354 e. The van der Waals surface area contributed by atoms with Crippen LogP contribution in [0.25, 0.3) is 5.78 Å². The molecular weight excluding hydrogens is 403 g/mol. The van der Waals surface area contributed by atoms with Crippen molar-refractivity contribution < 1.29 is 4.39 Å². The van der Waals surface area contributed by atoms with Gasteiger partial charge in [-0.2, -0.15) is 9.50 Å². The lowest BCUT2D eigenvalue weighted by Gasteiger charge is -2.36. The molecule has 0 unspecified atom stereocenters. The van der Waals surface area contributed by atoms with E-state index in [0.29, 0.717) is 18.0 Å². The number of piperazine rings is 1. The Morgan fingerprint density at radius 3 is 2.38 bits per heavy atom. The SMILES string of the molecule is Cc1nc2nc(Cc3cccc(F)c3)nn2c(N2CCN(Cc3ccccc3)CC2)c1C. The Balaban J connectivity index is 1.38. The summed E-state index contributed by atoms with van der Waals surface area (Å²) >= 11 is 0. The normalized spacial score (nSPS) is 14.9. The van der Waals surface area contributed by atoms with Crippen LogP contribution in [0.5, 0.6) is 0 Å². The van der Waals surface area contributed by atoms with E-state index in [0.717, 1.165) is 55.4 Å². The number of aryl methyl sites for hydroxylation is 1. The predicted molar refractivity (Wildman–Crippen MR) is 123 cm³/mol. The second-order valence-corrected chi connectivity index (χ2v) is 8.44. The van der Waals surface area contributed by atoms with Gasteiger partial charge in [-0.05, 0) is 37.1 Å². The lowest BCUT2D eigenvalue weighted by Crippen LogP contribution is -2.47. The van der Waals surface area contributed by atoms with Crippen molar-refractivity contribution in [3.63, 3.8) is 0 Å². The molecule has 6 nitrogen and oxygen atoms in total. The molecule has 32 heavy (non-hydrogen) atoms. The van der Waals surface area contributed by atoms with Crippen molar-refractivity contribution in [2.75, 3.05) is 31.1 Å². The fourth-order valence-electron chi connectivity index (χ4n) is 4.35. The Bertz CT molecular complexity index is 1230. The third-order valence-electron chi connectivity index (χ3n) is 6.15. The van der Waals surface area contributed by atoms with E-state index in [4.69, 9.17) is 5.10 Å². The molecule has 5 rings (SSSR count). The van der Waals surface area contributed by atoms with Crippen molar-refractivity contribution in [1.82, 2.24) is 24.5 Å². The lowest BCUT2D eigenvalue weighted by atomic mass is 10.1. The number of aromatic nitrogens is 4. The maximum Gasteiger partial charge on any atom is 0.254 e. The van der Waals surface area contributed by atoms with Gasteiger partial charge >= 0.3 is 0 Å². The first-order valence-electron chi connectivity index (χ1n) is 11.1. The Labute approximate surface area is 187 Å².